The van der Waals surface area contributed by atoms with Crippen LogP contribution in [-0.2, 0) is 9.53 Å². The third kappa shape index (κ3) is 4.47. The molecule has 0 saturated heterocycles. The number of hydrogen-bond acceptors (Lipinski definition) is 4. The third-order valence-corrected chi connectivity index (χ3v) is 4.68. The fraction of sp³-hybridized carbons (Fsp3) is 0.684. The number of rotatable bonds is 7. The Bertz CT molecular complexity index is 546. The summed E-state index contributed by atoms with van der Waals surface area (Å²) < 4.78 is 11.4. The topological polar surface area (TPSA) is 60.5 Å². The fourth-order valence-electron chi connectivity index (χ4n) is 3.10. The Hall–Kier alpha value is -1.62. The maximum Gasteiger partial charge on any atom is 0.256 e. The molecule has 5 heteroatoms. The molecular weight excluding hydrogens is 304 g/mol. The van der Waals surface area contributed by atoms with Crippen LogP contribution in [-0.4, -0.2) is 29.7 Å². The molecule has 1 saturated carbocycles. The van der Waals surface area contributed by atoms with Crippen LogP contribution in [0.15, 0.2) is 12.1 Å². The summed E-state index contributed by atoms with van der Waals surface area (Å²) in [6, 6.07) is 3.64. The molecule has 0 atom stereocenters. The molecule has 0 aromatic carbocycles. The minimum Gasteiger partial charge on any atom is -0.478 e. The molecule has 1 aliphatic carbocycles. The lowest BCUT2D eigenvalue weighted by atomic mass is 9.78. The number of nitrogens with zero attached hydrogens (tertiary/aromatic N) is 1. The van der Waals surface area contributed by atoms with Crippen molar-refractivity contribution in [2.24, 2.45) is 5.92 Å². The van der Waals surface area contributed by atoms with Crippen molar-refractivity contribution in [3.63, 3.8) is 0 Å². The van der Waals surface area contributed by atoms with Crippen molar-refractivity contribution in [3.8, 4) is 5.88 Å². The second-order valence-corrected chi connectivity index (χ2v) is 6.69. The normalized spacial score (nSPS) is 23.8. The summed E-state index contributed by atoms with van der Waals surface area (Å²) >= 11 is 0. The highest BCUT2D eigenvalue weighted by molar-refractivity contribution is 5.97. The van der Waals surface area contributed by atoms with E-state index in [1.54, 1.807) is 6.07 Å². The molecule has 1 amide bonds. The van der Waals surface area contributed by atoms with Crippen molar-refractivity contribution < 1.29 is 14.3 Å². The van der Waals surface area contributed by atoms with Gasteiger partial charge in [-0.15, -0.1) is 0 Å². The van der Waals surface area contributed by atoms with Gasteiger partial charge < -0.3 is 14.8 Å². The van der Waals surface area contributed by atoms with Crippen LogP contribution in [0, 0.1) is 12.8 Å². The van der Waals surface area contributed by atoms with E-state index in [1.807, 2.05) is 19.9 Å². The van der Waals surface area contributed by atoms with E-state index in [0.29, 0.717) is 25.0 Å². The fourth-order valence-corrected chi connectivity index (χ4v) is 3.10. The summed E-state index contributed by atoms with van der Waals surface area (Å²) in [5.41, 5.74) is 0.777. The van der Waals surface area contributed by atoms with Crippen LogP contribution in [0.5, 0.6) is 5.88 Å². The van der Waals surface area contributed by atoms with E-state index in [4.69, 9.17) is 9.47 Å². The molecule has 0 aliphatic heterocycles. The van der Waals surface area contributed by atoms with Gasteiger partial charge in [0.05, 0.1) is 18.0 Å². The number of carbonyl (C=O) groups is 1. The predicted octanol–water partition coefficient (Wildman–Crippen LogP) is 4.10. The number of aromatic nitrogens is 1. The Balaban J connectivity index is 2.12. The van der Waals surface area contributed by atoms with E-state index >= 15 is 0 Å². The first-order valence-corrected chi connectivity index (χ1v) is 9.06. The lowest BCUT2D eigenvalue weighted by Gasteiger charge is -2.38. The van der Waals surface area contributed by atoms with Crippen LogP contribution >= 0.6 is 0 Å². The highest BCUT2D eigenvalue weighted by atomic mass is 16.5. The Morgan fingerprint density at radius 3 is 2.62 bits per heavy atom. The lowest BCUT2D eigenvalue weighted by Crippen LogP contribution is -2.48. The summed E-state index contributed by atoms with van der Waals surface area (Å²) in [5.74, 6) is 1.19. The number of pyridine rings is 1. The largest absolute Gasteiger partial charge is 0.478 e. The summed E-state index contributed by atoms with van der Waals surface area (Å²) in [7, 11) is 0. The van der Waals surface area contributed by atoms with Gasteiger partial charge in [-0.05, 0) is 57.9 Å². The molecule has 1 N–H and O–H groups in total. The van der Waals surface area contributed by atoms with Crippen LogP contribution in [0.4, 0.5) is 5.69 Å². The van der Waals surface area contributed by atoms with Gasteiger partial charge in [-0.2, -0.15) is 0 Å². The van der Waals surface area contributed by atoms with Crippen LogP contribution in [0.3, 0.4) is 0 Å². The van der Waals surface area contributed by atoms with Gasteiger partial charge in [-0.25, -0.2) is 4.98 Å². The smallest absolute Gasteiger partial charge is 0.256 e. The average molecular weight is 334 g/mol. The number of anilines is 1. The molecule has 0 spiro atoms. The number of aryl methyl sites for hydroxylation is 1. The van der Waals surface area contributed by atoms with E-state index in [-0.39, 0.29) is 5.91 Å². The van der Waals surface area contributed by atoms with Crippen LogP contribution in [0.25, 0.3) is 0 Å². The van der Waals surface area contributed by atoms with Crippen molar-refractivity contribution >= 4 is 11.6 Å². The number of amides is 1. The van der Waals surface area contributed by atoms with Gasteiger partial charge in [-0.1, -0.05) is 13.8 Å². The summed E-state index contributed by atoms with van der Waals surface area (Å²) in [4.78, 5) is 17.3. The molecule has 2 rings (SSSR count). The van der Waals surface area contributed by atoms with Gasteiger partial charge >= 0.3 is 0 Å². The second-order valence-electron chi connectivity index (χ2n) is 6.69. The van der Waals surface area contributed by atoms with Crippen LogP contribution in [0.2, 0.25) is 0 Å². The van der Waals surface area contributed by atoms with E-state index in [9.17, 15) is 4.79 Å². The standard InChI is InChI=1S/C19H30N2O3/c1-5-13-24-19(11-9-14(3)10-12-19)18(22)21-16-7-8-17(23-6-2)20-15(16)4/h7-8,14H,5-6,9-13H2,1-4H3,(H,21,22). The monoisotopic (exact) mass is 334 g/mol. The number of nitrogens with one attached hydrogen (secondary N) is 1. The molecule has 134 valence electrons. The minimum absolute atomic E-state index is 0.0445. The number of ether oxygens (including phenoxy) is 2. The van der Waals surface area contributed by atoms with E-state index in [0.717, 1.165) is 43.5 Å². The van der Waals surface area contributed by atoms with Crippen LogP contribution < -0.4 is 10.1 Å². The number of carbonyl (C=O) groups excluding carboxylic acids is 1. The molecule has 1 aromatic heterocycles. The second kappa shape index (κ2) is 8.47. The highest BCUT2D eigenvalue weighted by Gasteiger charge is 2.42. The van der Waals surface area contributed by atoms with Crippen molar-refractivity contribution in [2.45, 2.75) is 65.4 Å². The third-order valence-electron chi connectivity index (χ3n) is 4.68. The first-order valence-electron chi connectivity index (χ1n) is 9.06. The van der Waals surface area contributed by atoms with Gasteiger partial charge in [0.25, 0.3) is 5.91 Å². The Morgan fingerprint density at radius 2 is 2.04 bits per heavy atom. The zero-order valence-corrected chi connectivity index (χ0v) is 15.4. The van der Waals surface area contributed by atoms with Gasteiger partial charge in [-0.3, -0.25) is 4.79 Å². The molecular formula is C19H30N2O3. The summed E-state index contributed by atoms with van der Waals surface area (Å²) in [6.07, 6.45) is 4.52. The molecule has 1 heterocycles. The molecule has 24 heavy (non-hydrogen) atoms. The Kier molecular flexibility index (Phi) is 6.60. The maximum absolute atomic E-state index is 13.0. The van der Waals surface area contributed by atoms with Crippen LogP contribution in [0.1, 0.15) is 58.6 Å². The van der Waals surface area contributed by atoms with Crippen molar-refractivity contribution in [1.82, 2.24) is 4.98 Å². The molecule has 0 bridgehead atoms. The van der Waals surface area contributed by atoms with Gasteiger partial charge in [0.1, 0.15) is 5.60 Å². The highest BCUT2D eigenvalue weighted by Crippen LogP contribution is 2.36. The zero-order valence-electron chi connectivity index (χ0n) is 15.4. The molecule has 5 nitrogen and oxygen atoms in total. The molecule has 0 radical (unpaired) electrons. The SMILES string of the molecule is CCCOC1(C(=O)Nc2ccc(OCC)nc2C)CCC(C)CC1. The van der Waals surface area contributed by atoms with E-state index < -0.39 is 5.60 Å². The van der Waals surface area contributed by atoms with Gasteiger partial charge in [0.2, 0.25) is 5.88 Å². The minimum atomic E-state index is -0.701. The average Bonchev–Trinajstić information content (AvgIpc) is 2.57. The molecule has 1 fully saturated rings. The first kappa shape index (κ1) is 18.7. The quantitative estimate of drug-likeness (QED) is 0.815. The van der Waals surface area contributed by atoms with E-state index in [1.165, 1.54) is 0 Å². The Labute approximate surface area is 145 Å². The lowest BCUT2D eigenvalue weighted by molar-refractivity contribution is -0.147. The zero-order chi connectivity index (χ0) is 17.6. The number of hydrogen-bond donors (Lipinski definition) is 1. The summed E-state index contributed by atoms with van der Waals surface area (Å²) in [6.45, 7) is 9.29. The molecule has 0 unspecified atom stereocenters. The molecule has 1 aromatic rings. The first-order chi connectivity index (χ1) is 11.5. The maximum atomic E-state index is 13.0. The van der Waals surface area contributed by atoms with Crippen molar-refractivity contribution in [2.75, 3.05) is 18.5 Å². The predicted molar refractivity (Wildman–Crippen MR) is 95.4 cm³/mol. The van der Waals surface area contributed by atoms with Gasteiger partial charge in [0, 0.05) is 12.7 Å². The van der Waals surface area contributed by atoms with Crippen molar-refractivity contribution in [1.29, 1.82) is 0 Å². The van der Waals surface area contributed by atoms with Gasteiger partial charge in [0.15, 0.2) is 0 Å². The summed E-state index contributed by atoms with van der Waals surface area (Å²) in [5, 5.41) is 3.03. The molecule has 1 aliphatic rings. The van der Waals surface area contributed by atoms with E-state index in [2.05, 4.69) is 24.1 Å². The van der Waals surface area contributed by atoms with Crippen molar-refractivity contribution in [3.05, 3.63) is 17.8 Å². The Morgan fingerprint density at radius 1 is 1.33 bits per heavy atom.